The predicted molar refractivity (Wildman–Crippen MR) is 85.7 cm³/mol. The van der Waals surface area contributed by atoms with Crippen molar-refractivity contribution in [3.05, 3.63) is 41.8 Å². The molecule has 1 aliphatic heterocycles. The van der Waals surface area contributed by atoms with E-state index in [9.17, 15) is 18.3 Å². The number of nitrogens with zero attached hydrogens (tertiary/aromatic N) is 3. The highest BCUT2D eigenvalue weighted by Gasteiger charge is 2.34. The lowest BCUT2D eigenvalue weighted by molar-refractivity contribution is -0.137. The van der Waals surface area contributed by atoms with Crippen LogP contribution in [0.3, 0.4) is 0 Å². The number of aliphatic hydroxyl groups excluding tert-OH is 1. The molecule has 0 aliphatic carbocycles. The summed E-state index contributed by atoms with van der Waals surface area (Å²) in [4.78, 5) is 8.43. The molecular weight excluding hydrogens is 335 g/mol. The van der Waals surface area contributed by atoms with Gasteiger partial charge in [-0.1, -0.05) is 12.1 Å². The summed E-state index contributed by atoms with van der Waals surface area (Å²) < 4.78 is 44.7. The van der Waals surface area contributed by atoms with Crippen molar-refractivity contribution in [2.75, 3.05) is 33.3 Å². The van der Waals surface area contributed by atoms with Gasteiger partial charge < -0.3 is 14.4 Å². The molecule has 1 fully saturated rings. The second kappa shape index (κ2) is 7.15. The van der Waals surface area contributed by atoms with Crippen molar-refractivity contribution in [2.24, 2.45) is 0 Å². The van der Waals surface area contributed by atoms with Crippen LogP contribution in [0.1, 0.15) is 11.3 Å². The van der Waals surface area contributed by atoms with Gasteiger partial charge in [-0.2, -0.15) is 13.2 Å². The fourth-order valence-corrected chi connectivity index (χ4v) is 3.06. The molecule has 1 aromatic heterocycles. The van der Waals surface area contributed by atoms with E-state index in [1.807, 2.05) is 7.05 Å². The van der Waals surface area contributed by atoms with Crippen molar-refractivity contribution in [2.45, 2.75) is 18.8 Å². The van der Waals surface area contributed by atoms with Gasteiger partial charge >= 0.3 is 6.18 Å². The predicted octanol–water partition coefficient (Wildman–Crippen LogP) is 2.47. The fourth-order valence-electron chi connectivity index (χ4n) is 3.06. The van der Waals surface area contributed by atoms with Crippen molar-refractivity contribution in [3.63, 3.8) is 0 Å². The van der Waals surface area contributed by atoms with E-state index in [0.29, 0.717) is 12.2 Å². The molecule has 1 atom stereocenters. The lowest BCUT2D eigenvalue weighted by atomic mass is 10.1. The summed E-state index contributed by atoms with van der Waals surface area (Å²) in [6.45, 7) is 2.79. The maximum absolute atomic E-state index is 13.1. The molecule has 136 valence electrons. The van der Waals surface area contributed by atoms with Gasteiger partial charge in [0.1, 0.15) is 6.26 Å². The monoisotopic (exact) mass is 355 g/mol. The van der Waals surface area contributed by atoms with Crippen LogP contribution in [-0.4, -0.2) is 59.2 Å². The SMILES string of the molecule is CN1CCN(Cc2coc(-c3ccccc3C(F)(F)F)n2)C(CO)C1. The lowest BCUT2D eigenvalue weighted by Gasteiger charge is -2.38. The first-order valence-corrected chi connectivity index (χ1v) is 8.03. The Hall–Kier alpha value is -1.90. The largest absolute Gasteiger partial charge is 0.444 e. The normalized spacial score (nSPS) is 20.1. The zero-order valence-electron chi connectivity index (χ0n) is 13.8. The molecule has 5 nitrogen and oxygen atoms in total. The Morgan fingerprint density at radius 2 is 2.04 bits per heavy atom. The Morgan fingerprint density at radius 3 is 2.76 bits per heavy atom. The van der Waals surface area contributed by atoms with E-state index in [1.165, 1.54) is 24.5 Å². The molecule has 3 rings (SSSR count). The van der Waals surface area contributed by atoms with Crippen molar-refractivity contribution >= 4 is 0 Å². The molecule has 1 unspecified atom stereocenters. The standard InChI is InChI=1S/C17H20F3N3O2/c1-22-6-7-23(13(9-22)10-24)8-12-11-25-16(21-12)14-4-2-3-5-15(14)17(18,19)20/h2-5,11,13,24H,6-10H2,1H3. The van der Waals surface area contributed by atoms with E-state index in [1.54, 1.807) is 0 Å². The quantitative estimate of drug-likeness (QED) is 0.913. The first kappa shape index (κ1) is 17.9. The Morgan fingerprint density at radius 1 is 1.28 bits per heavy atom. The minimum Gasteiger partial charge on any atom is -0.444 e. The van der Waals surface area contributed by atoms with Gasteiger partial charge in [-0.25, -0.2) is 4.98 Å². The van der Waals surface area contributed by atoms with Crippen LogP contribution in [0.5, 0.6) is 0 Å². The number of halogens is 3. The lowest BCUT2D eigenvalue weighted by Crippen LogP contribution is -2.52. The van der Waals surface area contributed by atoms with Crippen LogP contribution in [0, 0.1) is 0 Å². The number of aliphatic hydroxyl groups is 1. The van der Waals surface area contributed by atoms with Crippen molar-refractivity contribution < 1.29 is 22.7 Å². The minimum atomic E-state index is -4.47. The van der Waals surface area contributed by atoms with E-state index >= 15 is 0 Å². The molecule has 1 N–H and O–H groups in total. The molecule has 1 aliphatic rings. The highest BCUT2D eigenvalue weighted by molar-refractivity contribution is 5.59. The number of aromatic nitrogens is 1. The molecule has 2 aromatic rings. The molecule has 1 aromatic carbocycles. The van der Waals surface area contributed by atoms with Crippen LogP contribution in [0.15, 0.2) is 34.9 Å². The topological polar surface area (TPSA) is 52.7 Å². The summed E-state index contributed by atoms with van der Waals surface area (Å²) in [6, 6.07) is 5.20. The molecule has 1 saturated heterocycles. The second-order valence-corrected chi connectivity index (χ2v) is 6.26. The zero-order valence-corrected chi connectivity index (χ0v) is 13.8. The first-order chi connectivity index (χ1) is 11.9. The van der Waals surface area contributed by atoms with Gasteiger partial charge in [0.15, 0.2) is 0 Å². The number of alkyl halides is 3. The third-order valence-electron chi connectivity index (χ3n) is 4.40. The zero-order chi connectivity index (χ0) is 18.0. The maximum Gasteiger partial charge on any atom is 0.417 e. The molecular formula is C17H20F3N3O2. The van der Waals surface area contributed by atoms with E-state index in [-0.39, 0.29) is 24.1 Å². The molecule has 25 heavy (non-hydrogen) atoms. The van der Waals surface area contributed by atoms with Crippen LogP contribution >= 0.6 is 0 Å². The maximum atomic E-state index is 13.1. The fraction of sp³-hybridized carbons (Fsp3) is 0.471. The van der Waals surface area contributed by atoms with Crippen LogP contribution in [0.4, 0.5) is 13.2 Å². The number of rotatable bonds is 4. The van der Waals surface area contributed by atoms with E-state index in [4.69, 9.17) is 4.42 Å². The summed E-state index contributed by atoms with van der Waals surface area (Å²) in [7, 11) is 1.99. The molecule has 0 saturated carbocycles. The number of piperazine rings is 1. The number of hydrogen-bond acceptors (Lipinski definition) is 5. The molecule has 0 spiro atoms. The summed E-state index contributed by atoms with van der Waals surface area (Å²) in [5.74, 6) is -0.0439. The van der Waals surface area contributed by atoms with Crippen molar-refractivity contribution in [3.8, 4) is 11.5 Å². The molecule has 8 heteroatoms. The Kier molecular flexibility index (Phi) is 5.12. The van der Waals surface area contributed by atoms with Gasteiger partial charge in [0.2, 0.25) is 5.89 Å². The smallest absolute Gasteiger partial charge is 0.417 e. The average molecular weight is 355 g/mol. The van der Waals surface area contributed by atoms with E-state index < -0.39 is 11.7 Å². The summed E-state index contributed by atoms with van der Waals surface area (Å²) in [6.07, 6.45) is -3.08. The number of oxazole rings is 1. The Bertz CT molecular complexity index is 717. The molecule has 0 amide bonds. The highest BCUT2D eigenvalue weighted by atomic mass is 19.4. The van der Waals surface area contributed by atoms with Gasteiger partial charge in [0.05, 0.1) is 17.9 Å². The first-order valence-electron chi connectivity index (χ1n) is 8.03. The second-order valence-electron chi connectivity index (χ2n) is 6.26. The Labute approximate surface area is 143 Å². The number of likely N-dealkylation sites (N-methyl/N-ethyl adjacent to an activating group) is 1. The highest BCUT2D eigenvalue weighted by Crippen LogP contribution is 2.36. The summed E-state index contributed by atoms with van der Waals surface area (Å²) >= 11 is 0. The Balaban J connectivity index is 1.80. The third-order valence-corrected chi connectivity index (χ3v) is 4.40. The molecule has 0 radical (unpaired) electrons. The van der Waals surface area contributed by atoms with Crippen LogP contribution < -0.4 is 0 Å². The van der Waals surface area contributed by atoms with Crippen LogP contribution in [0.25, 0.3) is 11.5 Å². The van der Waals surface area contributed by atoms with E-state index in [2.05, 4.69) is 14.8 Å². The third kappa shape index (κ3) is 4.02. The number of benzene rings is 1. The van der Waals surface area contributed by atoms with Crippen LogP contribution in [0.2, 0.25) is 0 Å². The molecule has 0 bridgehead atoms. The van der Waals surface area contributed by atoms with Gasteiger partial charge in [-0.05, 0) is 19.2 Å². The van der Waals surface area contributed by atoms with Gasteiger partial charge in [0, 0.05) is 37.8 Å². The van der Waals surface area contributed by atoms with Gasteiger partial charge in [0.25, 0.3) is 0 Å². The summed E-state index contributed by atoms with van der Waals surface area (Å²) in [5.41, 5.74) is -0.287. The summed E-state index contributed by atoms with van der Waals surface area (Å²) in [5, 5.41) is 9.53. The van der Waals surface area contributed by atoms with Crippen molar-refractivity contribution in [1.29, 1.82) is 0 Å². The van der Waals surface area contributed by atoms with Gasteiger partial charge in [-0.3, -0.25) is 4.90 Å². The van der Waals surface area contributed by atoms with Crippen molar-refractivity contribution in [1.82, 2.24) is 14.8 Å². The molecule has 2 heterocycles. The average Bonchev–Trinajstić information content (AvgIpc) is 3.04. The van der Waals surface area contributed by atoms with Crippen LogP contribution in [-0.2, 0) is 12.7 Å². The minimum absolute atomic E-state index is 0.0198. The van der Waals surface area contributed by atoms with E-state index in [0.717, 1.165) is 25.7 Å². The number of hydrogen-bond donors (Lipinski definition) is 1. The van der Waals surface area contributed by atoms with Gasteiger partial charge in [-0.15, -0.1) is 0 Å².